The van der Waals surface area contributed by atoms with Gasteiger partial charge in [0, 0.05) is 23.4 Å². The number of rotatable bonds is 2. The molecule has 0 spiro atoms. The van der Waals surface area contributed by atoms with Gasteiger partial charge in [0.25, 0.3) is 0 Å². The van der Waals surface area contributed by atoms with Crippen LogP contribution in [0.3, 0.4) is 0 Å². The van der Waals surface area contributed by atoms with Gasteiger partial charge in [-0.25, -0.2) is 0 Å². The number of hydrogen-bond donors (Lipinski definition) is 0. The Kier molecular flexibility index (Phi) is 4.22. The Labute approximate surface area is 89.1 Å². The first-order chi connectivity index (χ1) is 6.77. The van der Waals surface area contributed by atoms with Gasteiger partial charge < -0.3 is 0 Å². The fraction of sp³-hybridized carbons (Fsp3) is 0.250. The van der Waals surface area contributed by atoms with Gasteiger partial charge in [0.1, 0.15) is 0 Å². The van der Waals surface area contributed by atoms with Crippen LogP contribution >= 0.6 is 11.6 Å². The average Bonchev–Trinajstić information content (AvgIpc) is 2.19. The SMILES string of the molecule is Cc1ccc(C=O)c(C#CCCCl)c1. The molecule has 72 valence electrons. The fourth-order valence-corrected chi connectivity index (χ4v) is 1.18. The van der Waals surface area contributed by atoms with E-state index in [0.29, 0.717) is 17.9 Å². The Morgan fingerprint density at radius 1 is 1.50 bits per heavy atom. The van der Waals surface area contributed by atoms with E-state index in [1.807, 2.05) is 19.1 Å². The van der Waals surface area contributed by atoms with Crippen molar-refractivity contribution in [1.29, 1.82) is 0 Å². The molecule has 14 heavy (non-hydrogen) atoms. The van der Waals surface area contributed by atoms with Crippen LogP contribution < -0.4 is 0 Å². The topological polar surface area (TPSA) is 17.1 Å². The molecule has 0 saturated heterocycles. The van der Waals surface area contributed by atoms with Crippen molar-refractivity contribution >= 4 is 17.9 Å². The number of aryl methyl sites for hydroxylation is 1. The summed E-state index contributed by atoms with van der Waals surface area (Å²) in [5, 5.41) is 0. The maximum atomic E-state index is 10.7. The van der Waals surface area contributed by atoms with Gasteiger partial charge in [-0.1, -0.05) is 24.0 Å². The standard InChI is InChI=1S/C12H11ClO/c1-10-5-6-12(9-14)11(8-10)4-2-3-7-13/h5-6,8-9H,3,7H2,1H3. The Bertz CT molecular complexity index is 385. The third kappa shape index (κ3) is 2.90. The molecule has 0 aromatic heterocycles. The summed E-state index contributed by atoms with van der Waals surface area (Å²) in [7, 11) is 0. The summed E-state index contributed by atoms with van der Waals surface area (Å²) in [4.78, 5) is 10.7. The molecule has 0 aliphatic rings. The van der Waals surface area contributed by atoms with E-state index in [0.717, 1.165) is 17.4 Å². The predicted octanol–water partition coefficient (Wildman–Crippen LogP) is 2.79. The van der Waals surface area contributed by atoms with Gasteiger partial charge in [-0.15, -0.1) is 11.6 Å². The van der Waals surface area contributed by atoms with Crippen molar-refractivity contribution in [2.75, 3.05) is 5.88 Å². The van der Waals surface area contributed by atoms with Crippen LogP contribution in [0.4, 0.5) is 0 Å². The third-order valence-electron chi connectivity index (χ3n) is 1.78. The number of carbonyl (C=O) groups is 1. The lowest BCUT2D eigenvalue weighted by Crippen LogP contribution is -1.88. The largest absolute Gasteiger partial charge is 0.298 e. The number of halogens is 1. The minimum atomic E-state index is 0.523. The minimum absolute atomic E-state index is 0.523. The van der Waals surface area contributed by atoms with E-state index in [1.54, 1.807) is 6.07 Å². The molecule has 0 N–H and O–H groups in total. The highest BCUT2D eigenvalue weighted by Crippen LogP contribution is 2.08. The molecular weight excluding hydrogens is 196 g/mol. The summed E-state index contributed by atoms with van der Waals surface area (Å²) >= 11 is 5.50. The molecule has 0 aliphatic carbocycles. The molecule has 2 heteroatoms. The molecule has 0 amide bonds. The fourth-order valence-electron chi connectivity index (χ4n) is 1.09. The lowest BCUT2D eigenvalue weighted by atomic mass is 10.1. The normalized spacial score (nSPS) is 9.00. The molecule has 0 bridgehead atoms. The van der Waals surface area contributed by atoms with Gasteiger partial charge in [-0.05, 0) is 18.6 Å². The zero-order chi connectivity index (χ0) is 10.4. The molecule has 0 radical (unpaired) electrons. The highest BCUT2D eigenvalue weighted by atomic mass is 35.5. The molecule has 0 fully saturated rings. The van der Waals surface area contributed by atoms with Crippen molar-refractivity contribution in [1.82, 2.24) is 0 Å². The number of alkyl halides is 1. The summed E-state index contributed by atoms with van der Waals surface area (Å²) in [6.07, 6.45) is 1.47. The molecule has 0 saturated carbocycles. The van der Waals surface area contributed by atoms with Crippen LogP contribution in [0.25, 0.3) is 0 Å². The Morgan fingerprint density at radius 2 is 2.29 bits per heavy atom. The van der Waals surface area contributed by atoms with Gasteiger partial charge in [-0.2, -0.15) is 0 Å². The molecule has 1 nitrogen and oxygen atoms in total. The first-order valence-corrected chi connectivity index (χ1v) is 4.92. The van der Waals surface area contributed by atoms with Gasteiger partial charge in [0.2, 0.25) is 0 Å². The summed E-state index contributed by atoms with van der Waals surface area (Å²) in [6.45, 7) is 1.97. The van der Waals surface area contributed by atoms with Crippen molar-refractivity contribution in [3.8, 4) is 11.8 Å². The van der Waals surface area contributed by atoms with Gasteiger partial charge >= 0.3 is 0 Å². The van der Waals surface area contributed by atoms with Crippen LogP contribution in [-0.4, -0.2) is 12.2 Å². The number of aldehydes is 1. The molecular formula is C12H11ClO. The molecule has 1 aromatic rings. The van der Waals surface area contributed by atoms with Crippen LogP contribution in [0.15, 0.2) is 18.2 Å². The number of hydrogen-bond acceptors (Lipinski definition) is 1. The first-order valence-electron chi connectivity index (χ1n) is 4.38. The van der Waals surface area contributed by atoms with Crippen molar-refractivity contribution in [3.63, 3.8) is 0 Å². The second-order valence-electron chi connectivity index (χ2n) is 2.95. The van der Waals surface area contributed by atoms with Crippen molar-refractivity contribution in [2.24, 2.45) is 0 Å². The van der Waals surface area contributed by atoms with E-state index < -0.39 is 0 Å². The van der Waals surface area contributed by atoms with E-state index >= 15 is 0 Å². The van der Waals surface area contributed by atoms with Gasteiger partial charge in [0.15, 0.2) is 6.29 Å². The van der Waals surface area contributed by atoms with Gasteiger partial charge in [-0.3, -0.25) is 4.79 Å². The van der Waals surface area contributed by atoms with E-state index in [-0.39, 0.29) is 0 Å². The monoisotopic (exact) mass is 206 g/mol. The smallest absolute Gasteiger partial charge is 0.151 e. The van der Waals surface area contributed by atoms with E-state index in [2.05, 4.69) is 11.8 Å². The quantitative estimate of drug-likeness (QED) is 0.413. The zero-order valence-corrected chi connectivity index (χ0v) is 8.77. The lowest BCUT2D eigenvalue weighted by Gasteiger charge is -1.97. The first kappa shape index (κ1) is 10.8. The highest BCUT2D eigenvalue weighted by Gasteiger charge is 1.97. The van der Waals surface area contributed by atoms with Crippen LogP contribution in [0.2, 0.25) is 0 Å². The molecule has 0 heterocycles. The Hall–Kier alpha value is -1.26. The highest BCUT2D eigenvalue weighted by molar-refractivity contribution is 6.18. The van der Waals surface area contributed by atoms with E-state index in [1.165, 1.54) is 0 Å². The Balaban J connectivity index is 3.00. The zero-order valence-electron chi connectivity index (χ0n) is 8.01. The van der Waals surface area contributed by atoms with Crippen LogP contribution in [0, 0.1) is 18.8 Å². The molecule has 1 aromatic carbocycles. The Morgan fingerprint density at radius 3 is 2.93 bits per heavy atom. The minimum Gasteiger partial charge on any atom is -0.298 e. The third-order valence-corrected chi connectivity index (χ3v) is 1.97. The second-order valence-corrected chi connectivity index (χ2v) is 3.33. The maximum absolute atomic E-state index is 10.7. The molecule has 0 atom stereocenters. The van der Waals surface area contributed by atoms with Crippen molar-refractivity contribution < 1.29 is 4.79 Å². The summed E-state index contributed by atoms with van der Waals surface area (Å²) in [5.74, 6) is 6.38. The average molecular weight is 207 g/mol. The summed E-state index contributed by atoms with van der Waals surface area (Å²) in [5.41, 5.74) is 2.52. The maximum Gasteiger partial charge on any atom is 0.151 e. The number of carbonyl (C=O) groups excluding carboxylic acids is 1. The molecule has 0 aliphatic heterocycles. The molecule has 0 unspecified atom stereocenters. The molecule has 1 rings (SSSR count). The van der Waals surface area contributed by atoms with E-state index in [9.17, 15) is 4.79 Å². The predicted molar refractivity (Wildman–Crippen MR) is 58.8 cm³/mol. The van der Waals surface area contributed by atoms with E-state index in [4.69, 9.17) is 11.6 Å². The van der Waals surface area contributed by atoms with Crippen molar-refractivity contribution in [3.05, 3.63) is 34.9 Å². The number of benzene rings is 1. The second kappa shape index (κ2) is 5.47. The van der Waals surface area contributed by atoms with Crippen LogP contribution in [0.1, 0.15) is 27.9 Å². The summed E-state index contributed by atoms with van der Waals surface area (Å²) < 4.78 is 0. The van der Waals surface area contributed by atoms with Crippen LogP contribution in [-0.2, 0) is 0 Å². The summed E-state index contributed by atoms with van der Waals surface area (Å²) in [6, 6.07) is 5.59. The van der Waals surface area contributed by atoms with Crippen molar-refractivity contribution in [2.45, 2.75) is 13.3 Å². The van der Waals surface area contributed by atoms with Crippen LogP contribution in [0.5, 0.6) is 0 Å². The lowest BCUT2D eigenvalue weighted by molar-refractivity contribution is 0.112. The van der Waals surface area contributed by atoms with Gasteiger partial charge in [0.05, 0.1) is 0 Å².